The van der Waals surface area contributed by atoms with Crippen LogP contribution in [0.3, 0.4) is 0 Å². The fraction of sp³-hybridized carbons (Fsp3) is 0.267. The minimum atomic E-state index is -0.929. The molecule has 1 heterocycles. The molecule has 2 aromatic rings. The van der Waals surface area contributed by atoms with E-state index >= 15 is 0 Å². The molecule has 0 aliphatic heterocycles. The predicted octanol–water partition coefficient (Wildman–Crippen LogP) is 3.86. The molecule has 0 aliphatic carbocycles. The lowest BCUT2D eigenvalue weighted by Crippen LogP contribution is -2.24. The molecule has 4 nitrogen and oxygen atoms in total. The first kappa shape index (κ1) is 15.0. The zero-order valence-corrected chi connectivity index (χ0v) is 12.1. The van der Waals surface area contributed by atoms with Gasteiger partial charge in [-0.05, 0) is 45.0 Å². The summed E-state index contributed by atoms with van der Waals surface area (Å²) in [6.07, 6.45) is 0. The van der Waals surface area contributed by atoms with E-state index in [1.165, 1.54) is 6.07 Å². The van der Waals surface area contributed by atoms with E-state index < -0.39 is 17.2 Å². The SMILES string of the molecule is CC(C)(C)Oc1nc(Nc2ccc(F)c(F)c2)ccc1N. The smallest absolute Gasteiger partial charge is 0.239 e. The van der Waals surface area contributed by atoms with Crippen molar-refractivity contribution in [1.29, 1.82) is 0 Å². The van der Waals surface area contributed by atoms with Gasteiger partial charge in [-0.1, -0.05) is 0 Å². The molecular formula is C15H17F2N3O. The van der Waals surface area contributed by atoms with Crippen LogP contribution in [0.5, 0.6) is 5.88 Å². The molecule has 0 bridgehead atoms. The Kier molecular flexibility index (Phi) is 3.97. The van der Waals surface area contributed by atoms with Crippen molar-refractivity contribution in [2.24, 2.45) is 0 Å². The molecule has 6 heteroatoms. The number of halogens is 2. The number of nitrogens with one attached hydrogen (secondary N) is 1. The van der Waals surface area contributed by atoms with E-state index in [0.717, 1.165) is 12.1 Å². The fourth-order valence-electron chi connectivity index (χ4n) is 1.61. The van der Waals surface area contributed by atoms with Crippen molar-refractivity contribution in [2.75, 3.05) is 11.1 Å². The van der Waals surface area contributed by atoms with Gasteiger partial charge in [0.15, 0.2) is 11.6 Å². The minimum absolute atomic E-state index is 0.287. The highest BCUT2D eigenvalue weighted by molar-refractivity contribution is 5.60. The molecule has 1 aromatic heterocycles. The maximum absolute atomic E-state index is 13.2. The maximum Gasteiger partial charge on any atom is 0.239 e. The molecule has 0 saturated carbocycles. The first-order valence-electron chi connectivity index (χ1n) is 6.42. The summed E-state index contributed by atoms with van der Waals surface area (Å²) in [5.41, 5.74) is 6.15. The second-order valence-corrected chi connectivity index (χ2v) is 5.56. The molecule has 0 atom stereocenters. The summed E-state index contributed by atoms with van der Waals surface area (Å²) in [4.78, 5) is 4.23. The lowest BCUT2D eigenvalue weighted by Gasteiger charge is -2.21. The van der Waals surface area contributed by atoms with Crippen molar-refractivity contribution in [1.82, 2.24) is 4.98 Å². The van der Waals surface area contributed by atoms with Crippen LogP contribution in [-0.4, -0.2) is 10.6 Å². The summed E-state index contributed by atoms with van der Waals surface area (Å²) in [7, 11) is 0. The summed E-state index contributed by atoms with van der Waals surface area (Å²) in [6, 6.07) is 6.78. The number of rotatable bonds is 3. The van der Waals surface area contributed by atoms with Gasteiger partial charge in [0.25, 0.3) is 0 Å². The van der Waals surface area contributed by atoms with Gasteiger partial charge in [-0.3, -0.25) is 0 Å². The quantitative estimate of drug-likeness (QED) is 0.902. The normalized spacial score (nSPS) is 11.3. The summed E-state index contributed by atoms with van der Waals surface area (Å²) >= 11 is 0. The molecule has 0 unspecified atom stereocenters. The number of hydrogen-bond acceptors (Lipinski definition) is 4. The first-order valence-corrected chi connectivity index (χ1v) is 6.42. The number of nitrogens with zero attached hydrogens (tertiary/aromatic N) is 1. The standard InChI is InChI=1S/C15H17F2N3O/c1-15(2,3)21-14-12(18)6-7-13(20-14)19-9-4-5-10(16)11(17)8-9/h4-8H,18H2,1-3H3,(H,19,20). The molecular weight excluding hydrogens is 276 g/mol. The molecule has 2 rings (SSSR count). The number of ether oxygens (including phenoxy) is 1. The molecule has 1 aromatic carbocycles. The van der Waals surface area contributed by atoms with Gasteiger partial charge >= 0.3 is 0 Å². The van der Waals surface area contributed by atoms with Crippen LogP contribution in [0.15, 0.2) is 30.3 Å². The molecule has 0 aliphatic rings. The van der Waals surface area contributed by atoms with Crippen molar-refractivity contribution in [3.63, 3.8) is 0 Å². The largest absolute Gasteiger partial charge is 0.470 e. The van der Waals surface area contributed by atoms with E-state index in [4.69, 9.17) is 10.5 Å². The third kappa shape index (κ3) is 4.05. The maximum atomic E-state index is 13.2. The van der Waals surface area contributed by atoms with Crippen molar-refractivity contribution >= 4 is 17.2 Å². The number of anilines is 3. The van der Waals surface area contributed by atoms with Gasteiger partial charge in [0.05, 0.1) is 5.69 Å². The Morgan fingerprint density at radius 3 is 2.43 bits per heavy atom. The highest BCUT2D eigenvalue weighted by Gasteiger charge is 2.15. The third-order valence-corrected chi connectivity index (χ3v) is 2.48. The lowest BCUT2D eigenvalue weighted by atomic mass is 10.2. The Balaban J connectivity index is 2.24. The van der Waals surface area contributed by atoms with Crippen LogP contribution < -0.4 is 15.8 Å². The number of benzene rings is 1. The van der Waals surface area contributed by atoms with Crippen LogP contribution in [0.2, 0.25) is 0 Å². The molecule has 0 amide bonds. The van der Waals surface area contributed by atoms with E-state index in [-0.39, 0.29) is 5.88 Å². The lowest BCUT2D eigenvalue weighted by molar-refractivity contribution is 0.125. The fourth-order valence-corrected chi connectivity index (χ4v) is 1.61. The van der Waals surface area contributed by atoms with Gasteiger partial charge in [0, 0.05) is 11.8 Å². The molecule has 0 spiro atoms. The van der Waals surface area contributed by atoms with Crippen LogP contribution in [-0.2, 0) is 0 Å². The second-order valence-electron chi connectivity index (χ2n) is 5.56. The Morgan fingerprint density at radius 2 is 1.81 bits per heavy atom. The number of pyridine rings is 1. The zero-order valence-electron chi connectivity index (χ0n) is 12.1. The third-order valence-electron chi connectivity index (χ3n) is 2.48. The molecule has 21 heavy (non-hydrogen) atoms. The Hall–Kier alpha value is -2.37. The van der Waals surface area contributed by atoms with E-state index in [9.17, 15) is 8.78 Å². The monoisotopic (exact) mass is 293 g/mol. The molecule has 3 N–H and O–H groups in total. The van der Waals surface area contributed by atoms with E-state index in [1.54, 1.807) is 12.1 Å². The van der Waals surface area contributed by atoms with Crippen LogP contribution in [0.1, 0.15) is 20.8 Å². The van der Waals surface area contributed by atoms with Crippen LogP contribution in [0.25, 0.3) is 0 Å². The van der Waals surface area contributed by atoms with Crippen molar-refractivity contribution in [2.45, 2.75) is 26.4 Å². The zero-order chi connectivity index (χ0) is 15.6. The highest BCUT2D eigenvalue weighted by Crippen LogP contribution is 2.26. The highest BCUT2D eigenvalue weighted by atomic mass is 19.2. The van der Waals surface area contributed by atoms with Crippen LogP contribution in [0.4, 0.5) is 26.0 Å². The molecule has 0 radical (unpaired) electrons. The Morgan fingerprint density at radius 1 is 1.10 bits per heavy atom. The van der Waals surface area contributed by atoms with Crippen molar-refractivity contribution < 1.29 is 13.5 Å². The van der Waals surface area contributed by atoms with Crippen LogP contribution >= 0.6 is 0 Å². The molecule has 0 saturated heterocycles. The van der Waals surface area contributed by atoms with Gasteiger partial charge in [0.1, 0.15) is 11.4 Å². The summed E-state index contributed by atoms with van der Waals surface area (Å²) in [6.45, 7) is 5.64. The topological polar surface area (TPSA) is 60.2 Å². The average Bonchev–Trinajstić information content (AvgIpc) is 2.36. The van der Waals surface area contributed by atoms with Gasteiger partial charge in [0.2, 0.25) is 5.88 Å². The Labute approximate surface area is 122 Å². The average molecular weight is 293 g/mol. The predicted molar refractivity (Wildman–Crippen MR) is 78.7 cm³/mol. The van der Waals surface area contributed by atoms with E-state index in [1.807, 2.05) is 20.8 Å². The number of nitrogens with two attached hydrogens (primary N) is 1. The number of hydrogen-bond donors (Lipinski definition) is 2. The van der Waals surface area contributed by atoms with Crippen LogP contribution in [0, 0.1) is 11.6 Å². The minimum Gasteiger partial charge on any atom is -0.470 e. The van der Waals surface area contributed by atoms with Crippen molar-refractivity contribution in [3.05, 3.63) is 42.0 Å². The van der Waals surface area contributed by atoms with Gasteiger partial charge in [-0.2, -0.15) is 4.98 Å². The summed E-state index contributed by atoms with van der Waals surface area (Å²) in [5.74, 6) is -1.12. The van der Waals surface area contributed by atoms with E-state index in [2.05, 4.69) is 10.3 Å². The number of nitrogen functional groups attached to an aromatic ring is 1. The molecule has 0 fully saturated rings. The summed E-state index contributed by atoms with van der Waals surface area (Å²) in [5, 5.41) is 2.87. The summed E-state index contributed by atoms with van der Waals surface area (Å²) < 4.78 is 31.7. The second kappa shape index (κ2) is 5.55. The van der Waals surface area contributed by atoms with Crippen molar-refractivity contribution in [3.8, 4) is 5.88 Å². The Bertz CT molecular complexity index is 654. The molecule has 112 valence electrons. The first-order chi connectivity index (χ1) is 9.74. The van der Waals surface area contributed by atoms with Gasteiger partial charge < -0.3 is 15.8 Å². The number of aromatic nitrogens is 1. The van der Waals surface area contributed by atoms with Gasteiger partial charge in [-0.25, -0.2) is 8.78 Å². The van der Waals surface area contributed by atoms with E-state index in [0.29, 0.717) is 17.2 Å². The van der Waals surface area contributed by atoms with Gasteiger partial charge in [-0.15, -0.1) is 0 Å².